The Morgan fingerprint density at radius 1 is 0.909 bits per heavy atom. The monoisotopic (exact) mass is 470 g/mol. The third-order valence-corrected chi connectivity index (χ3v) is 8.69. The first kappa shape index (κ1) is 23.6. The second-order valence-corrected chi connectivity index (χ2v) is 11.4. The molecule has 0 aromatic heterocycles. The number of anilines is 4. The van der Waals surface area contributed by atoms with Crippen LogP contribution in [0.5, 0.6) is 0 Å². The number of sulfonamides is 1. The molecule has 0 spiro atoms. The Morgan fingerprint density at radius 3 is 2.12 bits per heavy atom. The maximum Gasteiger partial charge on any atom is 0.249 e. The summed E-state index contributed by atoms with van der Waals surface area (Å²) < 4.78 is 25.9. The van der Waals surface area contributed by atoms with Gasteiger partial charge in [0.2, 0.25) is 15.9 Å². The van der Waals surface area contributed by atoms with Crippen molar-refractivity contribution in [3.8, 4) is 0 Å². The van der Waals surface area contributed by atoms with E-state index in [1.54, 1.807) is 29.2 Å². The van der Waals surface area contributed by atoms with Crippen LogP contribution >= 0.6 is 0 Å². The zero-order chi connectivity index (χ0) is 23.8. The predicted octanol–water partition coefficient (Wildman–Crippen LogP) is 4.57. The van der Waals surface area contributed by atoms with Crippen LogP contribution in [0, 0.1) is 0 Å². The van der Waals surface area contributed by atoms with E-state index < -0.39 is 10.0 Å². The predicted molar refractivity (Wildman–Crippen MR) is 134 cm³/mol. The molecule has 2 aromatic rings. The van der Waals surface area contributed by atoms with Gasteiger partial charge in [-0.2, -0.15) is 0 Å². The summed E-state index contributed by atoms with van der Waals surface area (Å²) in [5.41, 5.74) is 3.72. The Kier molecular flexibility index (Phi) is 6.68. The average Bonchev–Trinajstić information content (AvgIpc) is 3.07. The van der Waals surface area contributed by atoms with E-state index in [1.165, 1.54) is 44.1 Å². The van der Waals surface area contributed by atoms with Crippen molar-refractivity contribution in [2.75, 3.05) is 36.3 Å². The second kappa shape index (κ2) is 9.35. The quantitative estimate of drug-likeness (QED) is 0.648. The molecule has 2 aliphatic rings. The highest BCUT2D eigenvalue weighted by atomic mass is 32.2. The maximum absolute atomic E-state index is 13.0. The number of hydrogen-bond acceptors (Lipinski definition) is 5. The number of hydrogen-bond donors (Lipinski definition) is 1. The van der Waals surface area contributed by atoms with E-state index in [4.69, 9.17) is 0 Å². The van der Waals surface area contributed by atoms with E-state index in [2.05, 4.69) is 16.3 Å². The van der Waals surface area contributed by atoms with Crippen molar-refractivity contribution in [3.05, 3.63) is 42.5 Å². The van der Waals surface area contributed by atoms with Gasteiger partial charge in [-0.25, -0.2) is 12.7 Å². The molecule has 4 rings (SSSR count). The van der Waals surface area contributed by atoms with Gasteiger partial charge >= 0.3 is 0 Å². The summed E-state index contributed by atoms with van der Waals surface area (Å²) >= 11 is 0. The third-order valence-electron chi connectivity index (χ3n) is 6.86. The molecule has 1 fully saturated rings. The van der Waals surface area contributed by atoms with Crippen LogP contribution in [0.1, 0.15) is 45.4 Å². The fourth-order valence-electron chi connectivity index (χ4n) is 4.95. The van der Waals surface area contributed by atoms with Gasteiger partial charge < -0.3 is 15.1 Å². The van der Waals surface area contributed by atoms with Crippen molar-refractivity contribution in [2.45, 2.75) is 62.4 Å². The molecular formula is C25H34N4O3S. The molecule has 1 aliphatic heterocycles. The first-order valence-electron chi connectivity index (χ1n) is 11.7. The highest BCUT2D eigenvalue weighted by molar-refractivity contribution is 7.89. The van der Waals surface area contributed by atoms with Crippen LogP contribution in [0.2, 0.25) is 0 Å². The topological polar surface area (TPSA) is 73.0 Å². The highest BCUT2D eigenvalue weighted by Crippen LogP contribution is 2.41. The summed E-state index contributed by atoms with van der Waals surface area (Å²) in [6, 6.07) is 13.0. The number of nitrogens with zero attached hydrogens (tertiary/aromatic N) is 3. The van der Waals surface area contributed by atoms with E-state index >= 15 is 0 Å². The molecule has 1 amide bonds. The van der Waals surface area contributed by atoms with Crippen LogP contribution in [-0.2, 0) is 14.8 Å². The van der Waals surface area contributed by atoms with Crippen LogP contribution in [0.25, 0.3) is 0 Å². The van der Waals surface area contributed by atoms with Crippen molar-refractivity contribution >= 4 is 38.7 Å². The number of fused-ring (bicyclic) bond motifs is 1. The standard InChI is InChI=1S/C25H34N4O3S/c1-18-25(30)28(4)23-16-13-20(17-24(23)29(18)21-9-7-5-6-8-10-21)26-19-11-14-22(15-12-19)33(31,32)27(2)3/h11-18,21,26H,5-10H2,1-4H3/t18-/m1/s1. The molecule has 1 saturated carbocycles. The minimum absolute atomic E-state index is 0.130. The molecule has 8 heteroatoms. The zero-order valence-electron chi connectivity index (χ0n) is 19.9. The SMILES string of the molecule is C[C@@H]1C(=O)N(C)c2ccc(Nc3ccc(S(=O)(=O)N(C)C)cc3)cc2N1C1CCCCCC1. The molecule has 7 nitrogen and oxygen atoms in total. The molecule has 1 heterocycles. The molecule has 2 aromatic carbocycles. The number of benzene rings is 2. The first-order chi connectivity index (χ1) is 15.7. The fraction of sp³-hybridized carbons (Fsp3) is 0.480. The molecule has 1 aliphatic carbocycles. The van der Waals surface area contributed by atoms with Crippen LogP contribution in [0.4, 0.5) is 22.7 Å². The molecule has 0 radical (unpaired) electrons. The Bertz CT molecular complexity index is 1110. The summed E-state index contributed by atoms with van der Waals surface area (Å²) in [6.45, 7) is 2.01. The number of carbonyl (C=O) groups excluding carboxylic acids is 1. The van der Waals surface area contributed by atoms with Gasteiger partial charge in [-0.1, -0.05) is 25.7 Å². The average molecular weight is 471 g/mol. The summed E-state index contributed by atoms with van der Waals surface area (Å²) in [5.74, 6) is 0.130. The van der Waals surface area contributed by atoms with Crippen molar-refractivity contribution in [1.82, 2.24) is 4.31 Å². The Morgan fingerprint density at radius 2 is 1.52 bits per heavy atom. The van der Waals surface area contributed by atoms with Gasteiger partial charge in [-0.3, -0.25) is 4.79 Å². The molecule has 178 valence electrons. The summed E-state index contributed by atoms with van der Waals surface area (Å²) in [6.07, 6.45) is 7.16. The molecule has 33 heavy (non-hydrogen) atoms. The van der Waals surface area contributed by atoms with Crippen molar-refractivity contribution in [1.29, 1.82) is 0 Å². The van der Waals surface area contributed by atoms with Crippen molar-refractivity contribution in [3.63, 3.8) is 0 Å². The van der Waals surface area contributed by atoms with E-state index in [1.807, 2.05) is 26.1 Å². The fourth-order valence-corrected chi connectivity index (χ4v) is 5.86. The van der Waals surface area contributed by atoms with Gasteiger partial charge in [-0.15, -0.1) is 0 Å². The van der Waals surface area contributed by atoms with Gasteiger partial charge in [-0.05, 0) is 62.2 Å². The van der Waals surface area contributed by atoms with Crippen LogP contribution in [0.15, 0.2) is 47.4 Å². The van der Waals surface area contributed by atoms with E-state index in [0.717, 1.165) is 35.6 Å². The Labute approximate surface area is 197 Å². The number of nitrogens with one attached hydrogen (secondary N) is 1. The van der Waals surface area contributed by atoms with Gasteiger partial charge in [0.25, 0.3) is 0 Å². The minimum atomic E-state index is -3.46. The van der Waals surface area contributed by atoms with Gasteiger partial charge in [0.1, 0.15) is 6.04 Å². The molecule has 0 unspecified atom stereocenters. The summed E-state index contributed by atoms with van der Waals surface area (Å²) in [7, 11) is 1.44. The first-order valence-corrected chi connectivity index (χ1v) is 13.1. The largest absolute Gasteiger partial charge is 0.355 e. The third kappa shape index (κ3) is 4.59. The Balaban J connectivity index is 1.64. The summed E-state index contributed by atoms with van der Waals surface area (Å²) in [4.78, 5) is 17.3. The highest BCUT2D eigenvalue weighted by Gasteiger charge is 2.37. The van der Waals surface area contributed by atoms with Gasteiger partial charge in [0, 0.05) is 38.6 Å². The normalized spacial score (nSPS) is 20.0. The lowest BCUT2D eigenvalue weighted by atomic mass is 9.99. The van der Waals surface area contributed by atoms with E-state index in [9.17, 15) is 13.2 Å². The molecule has 0 saturated heterocycles. The minimum Gasteiger partial charge on any atom is -0.355 e. The second-order valence-electron chi connectivity index (χ2n) is 9.27. The lowest BCUT2D eigenvalue weighted by molar-refractivity contribution is -0.119. The van der Waals surface area contributed by atoms with Crippen molar-refractivity contribution in [2.24, 2.45) is 0 Å². The molecule has 0 bridgehead atoms. The van der Waals surface area contributed by atoms with E-state index in [0.29, 0.717) is 6.04 Å². The smallest absolute Gasteiger partial charge is 0.249 e. The Hall–Kier alpha value is -2.58. The van der Waals surface area contributed by atoms with Gasteiger partial charge in [0.05, 0.1) is 16.3 Å². The number of likely N-dealkylation sites (N-methyl/N-ethyl adjacent to an activating group) is 1. The van der Waals surface area contributed by atoms with Gasteiger partial charge in [0.15, 0.2) is 0 Å². The van der Waals surface area contributed by atoms with Crippen LogP contribution < -0.4 is 15.1 Å². The lowest BCUT2D eigenvalue weighted by Gasteiger charge is -2.44. The lowest BCUT2D eigenvalue weighted by Crippen LogP contribution is -2.54. The van der Waals surface area contributed by atoms with Crippen molar-refractivity contribution < 1.29 is 13.2 Å². The van der Waals surface area contributed by atoms with Crippen LogP contribution in [0.3, 0.4) is 0 Å². The number of carbonyl (C=O) groups is 1. The number of amides is 1. The molecule has 1 atom stereocenters. The number of rotatable bonds is 5. The van der Waals surface area contributed by atoms with E-state index in [-0.39, 0.29) is 16.8 Å². The van der Waals surface area contributed by atoms with Crippen LogP contribution in [-0.4, -0.2) is 51.9 Å². The zero-order valence-corrected chi connectivity index (χ0v) is 20.7. The summed E-state index contributed by atoms with van der Waals surface area (Å²) in [5, 5.41) is 3.40. The molecule has 1 N–H and O–H groups in total. The maximum atomic E-state index is 13.0. The molecular weight excluding hydrogens is 436 g/mol.